The lowest BCUT2D eigenvalue weighted by Gasteiger charge is -2.18. The summed E-state index contributed by atoms with van der Waals surface area (Å²) in [7, 11) is -3.71. The second-order valence-electron chi connectivity index (χ2n) is 5.95. The van der Waals surface area contributed by atoms with Crippen molar-refractivity contribution in [3.8, 4) is 0 Å². The normalized spacial score (nSPS) is 22.6. The summed E-state index contributed by atoms with van der Waals surface area (Å²) in [5, 5.41) is 0. The number of benzene rings is 1. The van der Waals surface area contributed by atoms with Crippen LogP contribution in [-0.4, -0.2) is 14.5 Å². The summed E-state index contributed by atoms with van der Waals surface area (Å²) in [5.74, 6) is -0.646. The molecule has 0 radical (unpaired) electrons. The quantitative estimate of drug-likeness (QED) is 0.837. The van der Waals surface area contributed by atoms with Crippen LogP contribution in [-0.2, 0) is 10.0 Å². The Labute approximate surface area is 113 Å². The maximum atomic E-state index is 13.2. The van der Waals surface area contributed by atoms with Crippen molar-refractivity contribution in [2.24, 2.45) is 5.41 Å². The summed E-state index contributed by atoms with van der Waals surface area (Å²) in [6.07, 6.45) is 2.57. The molecule has 0 aromatic heterocycles. The molecule has 6 heteroatoms. The van der Waals surface area contributed by atoms with Crippen LogP contribution in [0.5, 0.6) is 0 Å². The summed E-state index contributed by atoms with van der Waals surface area (Å²) in [6, 6.07) is 3.26. The first kappa shape index (κ1) is 14.3. The number of halogens is 1. The Balaban J connectivity index is 2.19. The fraction of sp³-hybridized carbons (Fsp3) is 0.538. The Morgan fingerprint density at radius 3 is 2.58 bits per heavy atom. The largest absolute Gasteiger partial charge is 0.399 e. The smallest absolute Gasteiger partial charge is 0.240 e. The molecule has 1 aliphatic rings. The number of nitrogens with one attached hydrogen (secondary N) is 1. The number of nitrogen functional groups attached to an aromatic ring is 1. The van der Waals surface area contributed by atoms with Crippen LogP contribution in [0.3, 0.4) is 0 Å². The zero-order valence-corrected chi connectivity index (χ0v) is 11.9. The number of rotatable bonds is 3. The molecule has 19 heavy (non-hydrogen) atoms. The predicted molar refractivity (Wildman–Crippen MR) is 72.6 cm³/mol. The van der Waals surface area contributed by atoms with E-state index in [9.17, 15) is 12.8 Å². The van der Waals surface area contributed by atoms with E-state index in [1.165, 1.54) is 6.07 Å². The predicted octanol–water partition coefficient (Wildman–Crippen LogP) is 2.26. The highest BCUT2D eigenvalue weighted by molar-refractivity contribution is 7.89. The summed E-state index contributed by atoms with van der Waals surface area (Å²) in [6.45, 7) is 4.23. The van der Waals surface area contributed by atoms with E-state index in [0.29, 0.717) is 0 Å². The lowest BCUT2D eigenvalue weighted by molar-refractivity contribution is 0.372. The van der Waals surface area contributed by atoms with E-state index in [1.807, 2.05) is 0 Å². The van der Waals surface area contributed by atoms with Gasteiger partial charge in [0.05, 0.1) is 4.90 Å². The Morgan fingerprint density at radius 1 is 1.37 bits per heavy atom. The van der Waals surface area contributed by atoms with E-state index in [4.69, 9.17) is 5.73 Å². The van der Waals surface area contributed by atoms with Crippen molar-refractivity contribution in [2.45, 2.75) is 44.0 Å². The van der Waals surface area contributed by atoms with Crippen molar-refractivity contribution in [1.29, 1.82) is 0 Å². The molecule has 4 nitrogen and oxygen atoms in total. The fourth-order valence-corrected chi connectivity index (χ4v) is 3.90. The highest BCUT2D eigenvalue weighted by Gasteiger charge is 2.33. The molecule has 1 fully saturated rings. The van der Waals surface area contributed by atoms with Gasteiger partial charge in [-0.3, -0.25) is 0 Å². The zero-order chi connectivity index (χ0) is 14.3. The number of hydrogen-bond acceptors (Lipinski definition) is 3. The summed E-state index contributed by atoms with van der Waals surface area (Å²) in [5.41, 5.74) is 5.73. The molecular formula is C13H19FN2O2S. The van der Waals surface area contributed by atoms with Gasteiger partial charge < -0.3 is 5.73 Å². The standard InChI is InChI=1S/C13H19FN2O2S/c1-13(2)4-3-11(8-13)16-19(17,18)12-6-9(14)5-10(15)7-12/h5-7,11,16H,3-4,8,15H2,1-2H3. The molecule has 1 unspecified atom stereocenters. The van der Waals surface area contributed by atoms with Crippen LogP contribution in [0, 0.1) is 11.2 Å². The van der Waals surface area contributed by atoms with Crippen LogP contribution < -0.4 is 10.5 Å². The van der Waals surface area contributed by atoms with Crippen LogP contribution >= 0.6 is 0 Å². The van der Waals surface area contributed by atoms with Gasteiger partial charge in [-0.25, -0.2) is 17.5 Å². The minimum absolute atomic E-state index is 0.0931. The summed E-state index contributed by atoms with van der Waals surface area (Å²) in [4.78, 5) is -0.116. The van der Waals surface area contributed by atoms with Crippen LogP contribution in [0.25, 0.3) is 0 Å². The molecule has 1 aromatic carbocycles. The number of sulfonamides is 1. The van der Waals surface area contributed by atoms with Gasteiger partial charge in [-0.05, 0) is 42.9 Å². The second kappa shape index (κ2) is 4.76. The zero-order valence-electron chi connectivity index (χ0n) is 11.1. The maximum absolute atomic E-state index is 13.2. The van der Waals surface area contributed by atoms with Gasteiger partial charge in [0.25, 0.3) is 0 Å². The summed E-state index contributed by atoms with van der Waals surface area (Å²) >= 11 is 0. The third-order valence-corrected chi connectivity index (χ3v) is 4.99. The molecule has 3 N–H and O–H groups in total. The van der Waals surface area contributed by atoms with Gasteiger partial charge in [-0.15, -0.1) is 0 Å². The first-order valence-electron chi connectivity index (χ1n) is 6.26. The Bertz CT molecular complexity index is 564. The molecule has 0 amide bonds. The Morgan fingerprint density at radius 2 is 2.05 bits per heavy atom. The van der Waals surface area contributed by atoms with E-state index < -0.39 is 15.8 Å². The molecule has 0 bridgehead atoms. The van der Waals surface area contributed by atoms with Crippen molar-refractivity contribution < 1.29 is 12.8 Å². The lowest BCUT2D eigenvalue weighted by Crippen LogP contribution is -2.33. The first-order valence-corrected chi connectivity index (χ1v) is 7.75. The van der Waals surface area contributed by atoms with Crippen molar-refractivity contribution in [1.82, 2.24) is 4.72 Å². The van der Waals surface area contributed by atoms with Gasteiger partial charge in [0, 0.05) is 11.7 Å². The molecule has 0 aliphatic heterocycles. The van der Waals surface area contributed by atoms with Gasteiger partial charge in [-0.2, -0.15) is 0 Å². The van der Waals surface area contributed by atoms with Crippen molar-refractivity contribution >= 4 is 15.7 Å². The minimum atomic E-state index is -3.71. The van der Waals surface area contributed by atoms with Crippen molar-refractivity contribution in [2.75, 3.05) is 5.73 Å². The number of nitrogens with two attached hydrogens (primary N) is 1. The highest BCUT2D eigenvalue weighted by atomic mass is 32.2. The van der Waals surface area contributed by atoms with Crippen molar-refractivity contribution in [3.05, 3.63) is 24.0 Å². The lowest BCUT2D eigenvalue weighted by atomic mass is 9.92. The minimum Gasteiger partial charge on any atom is -0.399 e. The SMILES string of the molecule is CC1(C)CCC(NS(=O)(=O)c2cc(N)cc(F)c2)C1. The summed E-state index contributed by atoms with van der Waals surface area (Å²) < 4.78 is 40.2. The highest BCUT2D eigenvalue weighted by Crippen LogP contribution is 2.37. The molecule has 1 aliphatic carbocycles. The molecule has 1 saturated carbocycles. The molecule has 1 atom stereocenters. The van der Waals surface area contributed by atoms with Crippen LogP contribution in [0.1, 0.15) is 33.1 Å². The average molecular weight is 286 g/mol. The molecule has 2 rings (SSSR count). The van der Waals surface area contributed by atoms with E-state index in [0.717, 1.165) is 31.4 Å². The molecule has 0 saturated heterocycles. The van der Waals surface area contributed by atoms with E-state index in [1.54, 1.807) is 0 Å². The van der Waals surface area contributed by atoms with E-state index in [-0.39, 0.29) is 22.0 Å². The molecule has 0 heterocycles. The number of hydrogen-bond donors (Lipinski definition) is 2. The monoisotopic (exact) mass is 286 g/mol. The van der Waals surface area contributed by atoms with Crippen LogP contribution in [0.4, 0.5) is 10.1 Å². The third kappa shape index (κ3) is 3.45. The molecule has 0 spiro atoms. The van der Waals surface area contributed by atoms with Crippen LogP contribution in [0.15, 0.2) is 23.1 Å². The number of anilines is 1. The maximum Gasteiger partial charge on any atom is 0.240 e. The first-order chi connectivity index (χ1) is 8.68. The van der Waals surface area contributed by atoms with Crippen LogP contribution in [0.2, 0.25) is 0 Å². The Kier molecular flexibility index (Phi) is 3.57. The van der Waals surface area contributed by atoms with E-state index in [2.05, 4.69) is 18.6 Å². The molecule has 106 valence electrons. The van der Waals surface area contributed by atoms with Gasteiger partial charge >= 0.3 is 0 Å². The molecular weight excluding hydrogens is 267 g/mol. The van der Waals surface area contributed by atoms with Gasteiger partial charge in [0.2, 0.25) is 10.0 Å². The average Bonchev–Trinajstić information content (AvgIpc) is 2.55. The van der Waals surface area contributed by atoms with Gasteiger partial charge in [0.15, 0.2) is 0 Å². The van der Waals surface area contributed by atoms with Crippen molar-refractivity contribution in [3.63, 3.8) is 0 Å². The second-order valence-corrected chi connectivity index (χ2v) is 7.66. The van der Waals surface area contributed by atoms with Gasteiger partial charge in [-0.1, -0.05) is 13.8 Å². The Hall–Kier alpha value is -1.14. The fourth-order valence-electron chi connectivity index (χ4n) is 2.56. The molecule has 1 aromatic rings. The van der Waals surface area contributed by atoms with Gasteiger partial charge in [0.1, 0.15) is 5.82 Å². The third-order valence-electron chi connectivity index (χ3n) is 3.49. The van der Waals surface area contributed by atoms with E-state index >= 15 is 0 Å². The topological polar surface area (TPSA) is 72.2 Å².